The van der Waals surface area contributed by atoms with Gasteiger partial charge in [0.05, 0.1) is 6.42 Å². The molecule has 1 unspecified atom stereocenters. The zero-order chi connectivity index (χ0) is 9.61. The van der Waals surface area contributed by atoms with Crippen LogP contribution in [0.5, 0.6) is 0 Å². The Morgan fingerprint density at radius 3 is 2.25 bits per heavy atom. The maximum Gasteiger partial charge on any atom is 0.390 e. The van der Waals surface area contributed by atoms with Crippen molar-refractivity contribution in [1.82, 2.24) is 0 Å². The Morgan fingerprint density at radius 2 is 1.83 bits per heavy atom. The highest BCUT2D eigenvalue weighted by Crippen LogP contribution is 2.22. The molecular weight excluding hydrogens is 167 g/mol. The van der Waals surface area contributed by atoms with E-state index in [2.05, 4.69) is 0 Å². The third kappa shape index (κ3) is 7.85. The molecule has 0 saturated heterocycles. The van der Waals surface area contributed by atoms with Gasteiger partial charge in [-0.2, -0.15) is 13.2 Å². The molecule has 2 N–H and O–H groups in total. The lowest BCUT2D eigenvalue weighted by atomic mass is 10.1. The van der Waals surface area contributed by atoms with E-state index in [-0.39, 0.29) is 0 Å². The van der Waals surface area contributed by atoms with Gasteiger partial charge in [0.2, 0.25) is 0 Å². The van der Waals surface area contributed by atoms with Gasteiger partial charge in [0.1, 0.15) is 0 Å². The van der Waals surface area contributed by atoms with Crippen LogP contribution in [0.3, 0.4) is 0 Å². The quantitative estimate of drug-likeness (QED) is 0.651. The van der Waals surface area contributed by atoms with Gasteiger partial charge in [0, 0.05) is 6.04 Å². The summed E-state index contributed by atoms with van der Waals surface area (Å²) in [6, 6.07) is -0.712. The van der Waals surface area contributed by atoms with E-state index in [1.807, 2.05) is 6.92 Å². The van der Waals surface area contributed by atoms with Crippen molar-refractivity contribution in [2.45, 2.75) is 51.2 Å². The van der Waals surface area contributed by atoms with Gasteiger partial charge >= 0.3 is 6.18 Å². The normalized spacial score (nSPS) is 14.8. The summed E-state index contributed by atoms with van der Waals surface area (Å²) in [7, 11) is 0. The summed E-state index contributed by atoms with van der Waals surface area (Å²) in [6.45, 7) is 2.01. The number of alkyl halides is 3. The number of unbranched alkanes of at least 4 members (excludes halogenated alkanes) is 2. The Morgan fingerprint density at radius 1 is 1.25 bits per heavy atom. The number of hydrogen-bond donors (Lipinski definition) is 1. The van der Waals surface area contributed by atoms with E-state index in [0.717, 1.165) is 19.3 Å². The van der Waals surface area contributed by atoms with Gasteiger partial charge in [0.15, 0.2) is 0 Å². The smallest absolute Gasteiger partial charge is 0.327 e. The minimum atomic E-state index is -4.11. The number of rotatable bonds is 5. The van der Waals surface area contributed by atoms with E-state index in [9.17, 15) is 13.2 Å². The summed E-state index contributed by atoms with van der Waals surface area (Å²) in [6.07, 6.45) is -1.70. The highest BCUT2D eigenvalue weighted by molar-refractivity contribution is 4.65. The Kier molecular flexibility index (Phi) is 5.29. The lowest BCUT2D eigenvalue weighted by Crippen LogP contribution is -2.27. The van der Waals surface area contributed by atoms with Crippen LogP contribution in [0, 0.1) is 0 Å². The van der Waals surface area contributed by atoms with Crippen LogP contribution in [0.25, 0.3) is 0 Å². The molecule has 0 spiro atoms. The van der Waals surface area contributed by atoms with Crippen LogP contribution in [-0.4, -0.2) is 12.2 Å². The Balaban J connectivity index is 3.40. The van der Waals surface area contributed by atoms with Crippen LogP contribution in [0.2, 0.25) is 0 Å². The van der Waals surface area contributed by atoms with Crippen molar-refractivity contribution in [1.29, 1.82) is 0 Å². The van der Waals surface area contributed by atoms with Gasteiger partial charge in [-0.05, 0) is 6.42 Å². The molecule has 1 atom stereocenters. The summed E-state index contributed by atoms with van der Waals surface area (Å²) >= 11 is 0. The summed E-state index contributed by atoms with van der Waals surface area (Å²) in [5, 5.41) is 0. The van der Waals surface area contributed by atoms with E-state index < -0.39 is 18.6 Å². The van der Waals surface area contributed by atoms with Crippen molar-refractivity contribution < 1.29 is 13.2 Å². The highest BCUT2D eigenvalue weighted by Gasteiger charge is 2.29. The molecule has 0 amide bonds. The standard InChI is InChI=1S/C8H16F3N/c1-2-3-4-5-7(12)6-8(9,10)11/h7H,2-6,12H2,1H3. The second kappa shape index (κ2) is 5.41. The van der Waals surface area contributed by atoms with E-state index in [0.29, 0.717) is 6.42 Å². The molecule has 4 heteroatoms. The van der Waals surface area contributed by atoms with E-state index >= 15 is 0 Å². The van der Waals surface area contributed by atoms with Crippen molar-refractivity contribution in [2.75, 3.05) is 0 Å². The van der Waals surface area contributed by atoms with Crippen molar-refractivity contribution in [2.24, 2.45) is 5.73 Å². The minimum Gasteiger partial charge on any atom is -0.327 e. The molecule has 0 aliphatic rings. The van der Waals surface area contributed by atoms with Crippen LogP contribution >= 0.6 is 0 Å². The Labute approximate surface area is 71.1 Å². The predicted molar refractivity (Wildman–Crippen MR) is 42.8 cm³/mol. The van der Waals surface area contributed by atoms with Gasteiger partial charge in [-0.1, -0.05) is 26.2 Å². The first-order valence-corrected chi connectivity index (χ1v) is 4.28. The molecule has 1 nitrogen and oxygen atoms in total. The Bertz CT molecular complexity index is 111. The number of halogens is 3. The first-order chi connectivity index (χ1) is 5.45. The first-order valence-electron chi connectivity index (χ1n) is 4.28. The molecule has 0 aliphatic heterocycles. The molecule has 0 bridgehead atoms. The Hall–Kier alpha value is -0.250. The maximum atomic E-state index is 11.7. The third-order valence-electron chi connectivity index (χ3n) is 1.67. The number of hydrogen-bond acceptors (Lipinski definition) is 1. The largest absolute Gasteiger partial charge is 0.390 e. The molecule has 0 rings (SSSR count). The first kappa shape index (κ1) is 11.8. The summed E-state index contributed by atoms with van der Waals surface area (Å²) in [4.78, 5) is 0. The fraction of sp³-hybridized carbons (Fsp3) is 1.00. The fourth-order valence-electron chi connectivity index (χ4n) is 1.06. The van der Waals surface area contributed by atoms with Gasteiger partial charge in [0.25, 0.3) is 0 Å². The molecule has 12 heavy (non-hydrogen) atoms. The molecule has 0 aliphatic carbocycles. The molecule has 0 aromatic heterocycles. The fourth-order valence-corrected chi connectivity index (χ4v) is 1.06. The SMILES string of the molecule is CCCCCC(N)CC(F)(F)F. The molecule has 0 saturated carbocycles. The molecule has 0 fully saturated rings. The van der Waals surface area contributed by atoms with Gasteiger partial charge in [-0.3, -0.25) is 0 Å². The van der Waals surface area contributed by atoms with Crippen molar-refractivity contribution in [3.05, 3.63) is 0 Å². The maximum absolute atomic E-state index is 11.7. The van der Waals surface area contributed by atoms with Gasteiger partial charge in [-0.25, -0.2) is 0 Å². The molecule has 0 aromatic carbocycles. The van der Waals surface area contributed by atoms with E-state index in [1.165, 1.54) is 0 Å². The molecule has 0 heterocycles. The second-order valence-corrected chi connectivity index (χ2v) is 3.08. The third-order valence-corrected chi connectivity index (χ3v) is 1.67. The lowest BCUT2D eigenvalue weighted by molar-refractivity contribution is -0.138. The predicted octanol–water partition coefficient (Wildman–Crippen LogP) is 2.85. The minimum absolute atomic E-state index is 0.480. The summed E-state index contributed by atoms with van der Waals surface area (Å²) < 4.78 is 35.2. The van der Waals surface area contributed by atoms with Crippen molar-refractivity contribution in [3.8, 4) is 0 Å². The molecule has 0 radical (unpaired) electrons. The van der Waals surface area contributed by atoms with Gasteiger partial charge < -0.3 is 5.73 Å². The average molecular weight is 183 g/mol. The van der Waals surface area contributed by atoms with E-state index in [4.69, 9.17) is 5.73 Å². The molecular formula is C8H16F3N. The summed E-state index contributed by atoms with van der Waals surface area (Å²) in [5.41, 5.74) is 5.28. The van der Waals surface area contributed by atoms with Crippen LogP contribution < -0.4 is 5.73 Å². The monoisotopic (exact) mass is 183 g/mol. The lowest BCUT2D eigenvalue weighted by Gasteiger charge is -2.13. The number of nitrogens with two attached hydrogens (primary N) is 1. The molecule has 0 aromatic rings. The van der Waals surface area contributed by atoms with Crippen LogP contribution in [0.15, 0.2) is 0 Å². The zero-order valence-corrected chi connectivity index (χ0v) is 7.32. The van der Waals surface area contributed by atoms with Crippen molar-refractivity contribution in [3.63, 3.8) is 0 Å². The second-order valence-electron chi connectivity index (χ2n) is 3.08. The molecule has 74 valence electrons. The summed E-state index contributed by atoms with van der Waals surface area (Å²) in [5.74, 6) is 0. The van der Waals surface area contributed by atoms with E-state index in [1.54, 1.807) is 0 Å². The zero-order valence-electron chi connectivity index (χ0n) is 7.32. The van der Waals surface area contributed by atoms with Crippen LogP contribution in [0.4, 0.5) is 13.2 Å². The van der Waals surface area contributed by atoms with Crippen LogP contribution in [0.1, 0.15) is 39.0 Å². The van der Waals surface area contributed by atoms with Gasteiger partial charge in [-0.15, -0.1) is 0 Å². The highest BCUT2D eigenvalue weighted by atomic mass is 19.4. The topological polar surface area (TPSA) is 26.0 Å². The van der Waals surface area contributed by atoms with Crippen molar-refractivity contribution >= 4 is 0 Å². The van der Waals surface area contributed by atoms with Crippen LogP contribution in [-0.2, 0) is 0 Å². The average Bonchev–Trinajstić information content (AvgIpc) is 1.84.